The Morgan fingerprint density at radius 1 is 1.12 bits per heavy atom. The monoisotopic (exact) mass is 358 g/mol. The first-order valence-corrected chi connectivity index (χ1v) is 9.29. The molecule has 3 rings (SSSR count). The first kappa shape index (κ1) is 18.4. The van der Waals surface area contributed by atoms with Crippen molar-refractivity contribution in [3.05, 3.63) is 29.8 Å². The van der Waals surface area contributed by atoms with Gasteiger partial charge in [-0.1, -0.05) is 19.1 Å². The number of aryl methyl sites for hydroxylation is 1. The number of benzene rings is 1. The molecule has 0 aliphatic carbocycles. The zero-order valence-electron chi connectivity index (χ0n) is 15.4. The number of carbonyl (C=O) groups excluding carboxylic acids is 3. The van der Waals surface area contributed by atoms with E-state index in [9.17, 15) is 14.4 Å². The summed E-state index contributed by atoms with van der Waals surface area (Å²) in [5, 5.41) is 0. The van der Waals surface area contributed by atoms with Crippen LogP contribution in [0.25, 0.3) is 0 Å². The topological polar surface area (TPSA) is 66.9 Å². The molecular formula is C20H26N2O4. The molecule has 2 amide bonds. The Morgan fingerprint density at radius 2 is 1.77 bits per heavy atom. The molecule has 2 fully saturated rings. The van der Waals surface area contributed by atoms with E-state index in [1.165, 1.54) is 12.7 Å². The molecule has 2 aliphatic rings. The molecule has 6 heteroatoms. The quantitative estimate of drug-likeness (QED) is 0.772. The summed E-state index contributed by atoms with van der Waals surface area (Å²) in [5.41, 5.74) is 2.08. The third kappa shape index (κ3) is 3.74. The molecule has 2 saturated heterocycles. The number of ether oxygens (including phenoxy) is 1. The number of hydrogen-bond donors (Lipinski definition) is 0. The van der Waals surface area contributed by atoms with Gasteiger partial charge in [0.25, 0.3) is 0 Å². The molecule has 2 heterocycles. The molecule has 6 nitrogen and oxygen atoms in total. The number of methoxy groups -OCH3 is 1. The number of piperidine rings is 1. The average Bonchev–Trinajstić information content (AvgIpc) is 3.08. The minimum absolute atomic E-state index is 0.00274. The summed E-state index contributed by atoms with van der Waals surface area (Å²) in [5.74, 6) is -0.605. The van der Waals surface area contributed by atoms with Gasteiger partial charge in [0.1, 0.15) is 0 Å². The fraction of sp³-hybridized carbons (Fsp3) is 0.550. The molecule has 0 saturated carbocycles. The van der Waals surface area contributed by atoms with Gasteiger partial charge in [0, 0.05) is 31.7 Å². The van der Waals surface area contributed by atoms with E-state index in [1.807, 2.05) is 24.3 Å². The maximum Gasteiger partial charge on any atom is 0.308 e. The number of esters is 1. The lowest BCUT2D eigenvalue weighted by Crippen LogP contribution is -2.43. The van der Waals surface area contributed by atoms with Crippen LogP contribution in [0.1, 0.15) is 31.7 Å². The molecule has 0 aromatic heterocycles. The van der Waals surface area contributed by atoms with Gasteiger partial charge in [0.2, 0.25) is 11.8 Å². The van der Waals surface area contributed by atoms with Crippen molar-refractivity contribution in [1.82, 2.24) is 4.90 Å². The van der Waals surface area contributed by atoms with Crippen molar-refractivity contribution in [3.63, 3.8) is 0 Å². The van der Waals surface area contributed by atoms with Gasteiger partial charge in [-0.05, 0) is 37.0 Å². The van der Waals surface area contributed by atoms with Crippen molar-refractivity contribution in [3.8, 4) is 0 Å². The van der Waals surface area contributed by atoms with Gasteiger partial charge in [-0.25, -0.2) is 0 Å². The SMILES string of the molecule is CCc1ccc(N2C[C@H](C(=O)N3CCC(C(=O)OC)CC3)CC2=O)cc1. The summed E-state index contributed by atoms with van der Waals surface area (Å²) in [6.45, 7) is 3.62. The Bertz CT molecular complexity index is 678. The van der Waals surface area contributed by atoms with Crippen LogP contribution >= 0.6 is 0 Å². The maximum atomic E-state index is 12.8. The second-order valence-electron chi connectivity index (χ2n) is 7.05. The van der Waals surface area contributed by atoms with E-state index < -0.39 is 0 Å². The Labute approximate surface area is 154 Å². The highest BCUT2D eigenvalue weighted by molar-refractivity contribution is 6.00. The van der Waals surface area contributed by atoms with Crippen LogP contribution in [0.2, 0.25) is 0 Å². The van der Waals surface area contributed by atoms with Crippen LogP contribution < -0.4 is 4.90 Å². The van der Waals surface area contributed by atoms with Crippen LogP contribution in [0.15, 0.2) is 24.3 Å². The van der Waals surface area contributed by atoms with Gasteiger partial charge in [0.05, 0.1) is 18.9 Å². The second kappa shape index (κ2) is 7.89. The van der Waals surface area contributed by atoms with E-state index in [1.54, 1.807) is 9.80 Å². The number of carbonyl (C=O) groups is 3. The predicted molar refractivity (Wildman–Crippen MR) is 97.6 cm³/mol. The van der Waals surface area contributed by atoms with Crippen molar-refractivity contribution < 1.29 is 19.1 Å². The fourth-order valence-electron chi connectivity index (χ4n) is 3.79. The van der Waals surface area contributed by atoms with Crippen molar-refractivity contribution in [2.24, 2.45) is 11.8 Å². The lowest BCUT2D eigenvalue weighted by Gasteiger charge is -2.32. The summed E-state index contributed by atoms with van der Waals surface area (Å²) in [4.78, 5) is 40.3. The van der Waals surface area contributed by atoms with Crippen LogP contribution in [-0.4, -0.2) is 49.4 Å². The number of hydrogen-bond acceptors (Lipinski definition) is 4. The van der Waals surface area contributed by atoms with Crippen LogP contribution in [-0.2, 0) is 25.5 Å². The molecule has 2 aliphatic heterocycles. The first-order valence-electron chi connectivity index (χ1n) is 9.29. The standard InChI is InChI=1S/C20H26N2O4/c1-3-14-4-6-17(7-5-14)22-13-16(12-18(22)23)19(24)21-10-8-15(9-11-21)20(25)26-2/h4-7,15-16H,3,8-13H2,1-2H3/t16-/m1/s1. The Hall–Kier alpha value is -2.37. The minimum Gasteiger partial charge on any atom is -0.469 e. The zero-order chi connectivity index (χ0) is 18.7. The first-order chi connectivity index (χ1) is 12.5. The summed E-state index contributed by atoms with van der Waals surface area (Å²) >= 11 is 0. The highest BCUT2D eigenvalue weighted by Crippen LogP contribution is 2.28. The molecule has 140 valence electrons. The number of nitrogens with zero attached hydrogens (tertiary/aromatic N) is 2. The maximum absolute atomic E-state index is 12.8. The van der Waals surface area contributed by atoms with Crippen molar-refractivity contribution in [1.29, 1.82) is 0 Å². The number of likely N-dealkylation sites (tertiary alicyclic amines) is 1. The molecule has 0 spiro atoms. The van der Waals surface area contributed by atoms with Gasteiger partial charge >= 0.3 is 5.97 Å². The number of anilines is 1. The summed E-state index contributed by atoms with van der Waals surface area (Å²) in [7, 11) is 1.39. The van der Waals surface area contributed by atoms with E-state index >= 15 is 0 Å². The van der Waals surface area contributed by atoms with Gasteiger partial charge in [-0.3, -0.25) is 14.4 Å². The molecular weight excluding hydrogens is 332 g/mol. The van der Waals surface area contributed by atoms with Gasteiger partial charge in [-0.15, -0.1) is 0 Å². The third-order valence-corrected chi connectivity index (χ3v) is 5.47. The van der Waals surface area contributed by atoms with Gasteiger partial charge in [-0.2, -0.15) is 0 Å². The van der Waals surface area contributed by atoms with Crippen LogP contribution in [0.5, 0.6) is 0 Å². The van der Waals surface area contributed by atoms with Crippen molar-refractivity contribution in [2.45, 2.75) is 32.6 Å². The average molecular weight is 358 g/mol. The molecule has 0 radical (unpaired) electrons. The van der Waals surface area contributed by atoms with E-state index in [2.05, 4.69) is 6.92 Å². The predicted octanol–water partition coefficient (Wildman–Crippen LogP) is 2.01. The van der Waals surface area contributed by atoms with E-state index in [0.29, 0.717) is 32.5 Å². The van der Waals surface area contributed by atoms with Crippen LogP contribution in [0.4, 0.5) is 5.69 Å². The smallest absolute Gasteiger partial charge is 0.308 e. The lowest BCUT2D eigenvalue weighted by molar-refractivity contribution is -0.149. The minimum atomic E-state index is -0.303. The van der Waals surface area contributed by atoms with Crippen LogP contribution in [0, 0.1) is 11.8 Å². The fourth-order valence-corrected chi connectivity index (χ4v) is 3.79. The molecule has 26 heavy (non-hydrogen) atoms. The summed E-state index contributed by atoms with van der Waals surface area (Å²) in [6.07, 6.45) is 2.46. The number of amides is 2. The second-order valence-corrected chi connectivity index (χ2v) is 7.05. The third-order valence-electron chi connectivity index (χ3n) is 5.47. The zero-order valence-corrected chi connectivity index (χ0v) is 15.4. The van der Waals surface area contributed by atoms with E-state index in [-0.39, 0.29) is 36.0 Å². The molecule has 0 N–H and O–H groups in total. The highest BCUT2D eigenvalue weighted by Gasteiger charge is 2.38. The van der Waals surface area contributed by atoms with E-state index in [0.717, 1.165) is 12.1 Å². The van der Waals surface area contributed by atoms with Crippen molar-refractivity contribution >= 4 is 23.5 Å². The van der Waals surface area contributed by atoms with Gasteiger partial charge < -0.3 is 14.5 Å². The Kier molecular flexibility index (Phi) is 5.59. The molecule has 1 aromatic rings. The molecule has 1 aromatic carbocycles. The van der Waals surface area contributed by atoms with E-state index in [4.69, 9.17) is 4.74 Å². The largest absolute Gasteiger partial charge is 0.469 e. The Balaban J connectivity index is 1.59. The van der Waals surface area contributed by atoms with Gasteiger partial charge in [0.15, 0.2) is 0 Å². The molecule has 0 unspecified atom stereocenters. The van der Waals surface area contributed by atoms with Crippen molar-refractivity contribution in [2.75, 3.05) is 31.6 Å². The summed E-state index contributed by atoms with van der Waals surface area (Å²) in [6, 6.07) is 7.95. The lowest BCUT2D eigenvalue weighted by atomic mass is 9.95. The Morgan fingerprint density at radius 3 is 2.35 bits per heavy atom. The normalized spacial score (nSPS) is 21.2. The molecule has 0 bridgehead atoms. The van der Waals surface area contributed by atoms with Crippen LogP contribution in [0.3, 0.4) is 0 Å². The number of rotatable bonds is 4. The summed E-state index contributed by atoms with van der Waals surface area (Å²) < 4.78 is 4.79. The molecule has 1 atom stereocenters. The highest BCUT2D eigenvalue weighted by atomic mass is 16.5.